The average Bonchev–Trinajstić information content (AvgIpc) is 2.68. The zero-order valence-electron chi connectivity index (χ0n) is 17.3. The molecule has 0 bridgehead atoms. The minimum atomic E-state index is -6.02. The van der Waals surface area contributed by atoms with E-state index in [1.165, 1.54) is 24.3 Å². The summed E-state index contributed by atoms with van der Waals surface area (Å²) in [6.45, 7) is 1.02. The molecule has 1 aromatic carbocycles. The summed E-state index contributed by atoms with van der Waals surface area (Å²) < 4.78 is 130. The number of para-hydroxylation sites is 1. The average molecular weight is 565 g/mol. The van der Waals surface area contributed by atoms with Crippen molar-refractivity contribution in [2.75, 3.05) is 12.5 Å². The summed E-state index contributed by atoms with van der Waals surface area (Å²) in [5.74, 6) is 0. The van der Waals surface area contributed by atoms with Gasteiger partial charge in [-0.25, -0.2) is 0 Å². The lowest BCUT2D eigenvalue weighted by atomic mass is 9.99. The van der Waals surface area contributed by atoms with E-state index in [0.717, 1.165) is 14.0 Å². The Bertz CT molecular complexity index is 1380. The molecule has 0 unspecified atom stereocenters. The van der Waals surface area contributed by atoms with Crippen LogP contribution in [0.3, 0.4) is 0 Å². The Morgan fingerprint density at radius 1 is 0.794 bits per heavy atom. The van der Waals surface area contributed by atoms with Crippen LogP contribution in [0.25, 0.3) is 0 Å². The third-order valence-corrected chi connectivity index (χ3v) is 11.8. The molecule has 0 radical (unpaired) electrons. The van der Waals surface area contributed by atoms with Crippen LogP contribution in [0.1, 0.15) is 13.3 Å². The summed E-state index contributed by atoms with van der Waals surface area (Å²) in [4.78, 5) is 4.85. The Labute approximate surface area is 195 Å². The van der Waals surface area contributed by atoms with E-state index in [0.29, 0.717) is 0 Å². The van der Waals surface area contributed by atoms with Crippen molar-refractivity contribution >= 4 is 46.2 Å². The summed E-state index contributed by atoms with van der Waals surface area (Å²) in [6.07, 6.45) is -1.11. The molecule has 15 nitrogen and oxygen atoms in total. The van der Waals surface area contributed by atoms with Crippen molar-refractivity contribution in [3.63, 3.8) is 0 Å². The molecule has 1 aliphatic rings. The molecule has 0 aromatic heterocycles. The molecule has 192 valence electrons. The lowest BCUT2D eigenvalue weighted by Crippen LogP contribution is -2.58. The Morgan fingerprint density at radius 2 is 1.24 bits per heavy atom. The lowest BCUT2D eigenvalue weighted by Gasteiger charge is -2.41. The summed E-state index contributed by atoms with van der Waals surface area (Å²) in [7, 11) is -23.1. The zero-order valence-corrected chi connectivity index (χ0v) is 20.6. The van der Waals surface area contributed by atoms with Gasteiger partial charge < -0.3 is 0 Å². The van der Waals surface area contributed by atoms with E-state index >= 15 is 0 Å². The molecule has 34 heavy (non-hydrogen) atoms. The first-order valence-electron chi connectivity index (χ1n) is 8.79. The number of nitrogens with zero attached hydrogens (tertiary/aromatic N) is 1. The maximum Gasteiger partial charge on any atom is 0.297 e. The van der Waals surface area contributed by atoms with Crippen molar-refractivity contribution in [1.29, 1.82) is 0 Å². The first-order valence-corrected chi connectivity index (χ1v) is 14.6. The predicted octanol–water partition coefficient (Wildman–Crippen LogP) is 0.0546. The number of rotatable bonds is 9. The van der Waals surface area contributed by atoms with Gasteiger partial charge in [-0.15, -0.1) is 0 Å². The number of nitrogens with one attached hydrogen (secondary N) is 1. The largest absolute Gasteiger partial charge is 0.297 e. The van der Waals surface area contributed by atoms with Crippen LogP contribution in [0.2, 0.25) is 0 Å². The fourth-order valence-corrected chi connectivity index (χ4v) is 8.43. The standard InChI is InChI=1S/C15H20N2O13S4/c1-3-11-9-15(33(24,25)26,34(27,28)29)13(10-14(11,31(18,19)20)32(21,22)23)17(30-2)16-12-7-5-4-6-8-12/h4-10,16H,3H2,1-2H3,(H,18,19,20)(H,21,22,23)(H,24,25,26)(H,27,28,29). The normalized spacial score (nSPS) is 18.5. The summed E-state index contributed by atoms with van der Waals surface area (Å²) >= 11 is 0. The minimum Gasteiger partial charge on any atom is -0.284 e. The molecule has 0 fully saturated rings. The third kappa shape index (κ3) is 4.33. The summed E-state index contributed by atoms with van der Waals surface area (Å²) in [6, 6.07) is 7.08. The zero-order chi connectivity index (χ0) is 26.4. The fourth-order valence-electron chi connectivity index (χ4n) is 3.32. The Morgan fingerprint density at radius 3 is 1.59 bits per heavy atom. The molecule has 0 atom stereocenters. The van der Waals surface area contributed by atoms with Crippen molar-refractivity contribution in [3.8, 4) is 0 Å². The van der Waals surface area contributed by atoms with Gasteiger partial charge >= 0.3 is 0 Å². The van der Waals surface area contributed by atoms with Crippen LogP contribution in [0.5, 0.6) is 0 Å². The van der Waals surface area contributed by atoms with E-state index in [1.807, 2.05) is 0 Å². The summed E-state index contributed by atoms with van der Waals surface area (Å²) in [5, 5.41) is 0.102. The fraction of sp³-hybridized carbons (Fsp3) is 0.333. The highest BCUT2D eigenvalue weighted by Crippen LogP contribution is 2.48. The van der Waals surface area contributed by atoms with Gasteiger partial charge in [0.15, 0.2) is 0 Å². The molecule has 19 heteroatoms. The van der Waals surface area contributed by atoms with Crippen LogP contribution < -0.4 is 5.43 Å². The molecule has 0 heterocycles. The van der Waals surface area contributed by atoms with Gasteiger partial charge in [0.1, 0.15) is 5.70 Å². The SMILES string of the molecule is CCC1=CC(S(=O)(=O)O)(S(=O)(=O)O)C(N(Nc2ccccc2)OC)=CC1(S(=O)(=O)O)S(=O)(=O)O. The number of hydrogen-bond donors (Lipinski definition) is 5. The lowest BCUT2D eigenvalue weighted by molar-refractivity contribution is -0.0814. The second kappa shape index (κ2) is 8.84. The van der Waals surface area contributed by atoms with Crippen LogP contribution >= 0.6 is 0 Å². The Balaban J connectivity index is 3.17. The van der Waals surface area contributed by atoms with E-state index in [-0.39, 0.29) is 23.0 Å². The highest BCUT2D eigenvalue weighted by molar-refractivity contribution is 8.07. The first-order chi connectivity index (χ1) is 15.3. The summed E-state index contributed by atoms with van der Waals surface area (Å²) in [5.41, 5.74) is -0.495. The van der Waals surface area contributed by atoms with Crippen LogP contribution in [0, 0.1) is 0 Å². The van der Waals surface area contributed by atoms with Gasteiger partial charge in [-0.05, 0) is 36.3 Å². The topological polar surface area (TPSA) is 242 Å². The quantitative estimate of drug-likeness (QED) is 0.151. The van der Waals surface area contributed by atoms with Gasteiger partial charge in [-0.3, -0.25) is 28.5 Å². The number of benzene rings is 1. The number of hydroxylamine groups is 1. The predicted molar refractivity (Wildman–Crippen MR) is 117 cm³/mol. The van der Waals surface area contributed by atoms with Crippen LogP contribution in [0.4, 0.5) is 5.69 Å². The van der Waals surface area contributed by atoms with Gasteiger partial charge in [0.05, 0.1) is 12.8 Å². The number of hydrazine groups is 1. The Hall–Kier alpha value is -2.10. The molecule has 1 aromatic rings. The van der Waals surface area contributed by atoms with Crippen molar-refractivity contribution < 1.29 is 56.7 Å². The van der Waals surface area contributed by atoms with E-state index in [2.05, 4.69) is 5.43 Å². The maximum absolute atomic E-state index is 12.4. The Kier molecular flexibility index (Phi) is 7.32. The van der Waals surface area contributed by atoms with Crippen molar-refractivity contribution in [2.45, 2.75) is 21.5 Å². The van der Waals surface area contributed by atoms with Crippen molar-refractivity contribution in [1.82, 2.24) is 5.17 Å². The number of hydrogen-bond acceptors (Lipinski definition) is 11. The maximum atomic E-state index is 12.4. The smallest absolute Gasteiger partial charge is 0.284 e. The molecule has 0 spiro atoms. The van der Waals surface area contributed by atoms with Crippen LogP contribution in [-0.4, -0.2) is 72.3 Å². The molecule has 0 amide bonds. The highest BCUT2D eigenvalue weighted by atomic mass is 32.3. The van der Waals surface area contributed by atoms with Gasteiger partial charge in [0, 0.05) is 0 Å². The first kappa shape index (κ1) is 28.1. The third-order valence-electron chi connectivity index (χ3n) is 4.82. The van der Waals surface area contributed by atoms with Crippen molar-refractivity contribution in [3.05, 3.63) is 53.8 Å². The molecule has 0 saturated carbocycles. The van der Waals surface area contributed by atoms with E-state index < -0.39 is 66.3 Å². The second-order valence-corrected chi connectivity index (χ2v) is 13.6. The molecule has 0 saturated heterocycles. The van der Waals surface area contributed by atoms with E-state index in [1.54, 1.807) is 6.07 Å². The second-order valence-electron chi connectivity index (χ2n) is 6.74. The van der Waals surface area contributed by atoms with Gasteiger partial charge in [-0.1, -0.05) is 25.1 Å². The van der Waals surface area contributed by atoms with Crippen LogP contribution in [-0.2, 0) is 45.3 Å². The van der Waals surface area contributed by atoms with E-state index in [9.17, 15) is 51.9 Å². The molecule has 0 aliphatic heterocycles. The molecule has 1 aliphatic carbocycles. The van der Waals surface area contributed by atoms with Crippen LogP contribution in [0.15, 0.2) is 53.8 Å². The minimum absolute atomic E-state index is 0.0272. The van der Waals surface area contributed by atoms with Gasteiger partial charge in [0.25, 0.3) is 48.6 Å². The highest BCUT2D eigenvalue weighted by Gasteiger charge is 2.67. The van der Waals surface area contributed by atoms with E-state index in [4.69, 9.17) is 4.84 Å². The van der Waals surface area contributed by atoms with Gasteiger partial charge in [-0.2, -0.15) is 38.8 Å². The number of anilines is 1. The van der Waals surface area contributed by atoms with Crippen molar-refractivity contribution in [2.24, 2.45) is 0 Å². The molecule has 2 rings (SSSR count). The molecule has 5 N–H and O–H groups in total. The monoisotopic (exact) mass is 564 g/mol. The molecular weight excluding hydrogens is 544 g/mol. The van der Waals surface area contributed by atoms with Gasteiger partial charge in [0.2, 0.25) is 0 Å². The molecular formula is C15H20N2O13S4.